The Kier molecular flexibility index (Phi) is 4.50. The smallest absolute Gasteiger partial charge is 0.262 e. The van der Waals surface area contributed by atoms with Crippen LogP contribution in [-0.4, -0.2) is 40.3 Å². The summed E-state index contributed by atoms with van der Waals surface area (Å²) in [5.41, 5.74) is 2.16. The maximum atomic E-state index is 12.7. The highest BCUT2D eigenvalue weighted by atomic mass is 32.2. The second kappa shape index (κ2) is 6.41. The van der Waals surface area contributed by atoms with E-state index < -0.39 is 10.0 Å². The van der Waals surface area contributed by atoms with Crippen LogP contribution >= 0.6 is 0 Å². The SMILES string of the molecule is Cc1ccc(C[C@@H]2CCCN(S(=O)(=O)c3cn(C)cn3)C2)cn1. The van der Waals surface area contributed by atoms with Crippen molar-refractivity contribution in [2.75, 3.05) is 13.1 Å². The first-order valence-electron chi connectivity index (χ1n) is 7.85. The molecule has 0 radical (unpaired) electrons. The zero-order valence-corrected chi connectivity index (χ0v) is 14.3. The Morgan fingerprint density at radius 3 is 2.78 bits per heavy atom. The molecule has 7 heteroatoms. The first-order valence-corrected chi connectivity index (χ1v) is 9.29. The van der Waals surface area contributed by atoms with Gasteiger partial charge < -0.3 is 4.57 Å². The largest absolute Gasteiger partial charge is 0.339 e. The Bertz CT molecular complexity index is 768. The van der Waals surface area contributed by atoms with Gasteiger partial charge in [-0.05, 0) is 43.7 Å². The van der Waals surface area contributed by atoms with Gasteiger partial charge in [-0.25, -0.2) is 13.4 Å². The fraction of sp³-hybridized carbons (Fsp3) is 0.500. The molecule has 23 heavy (non-hydrogen) atoms. The van der Waals surface area contributed by atoms with Gasteiger partial charge in [0.15, 0.2) is 5.03 Å². The molecule has 0 saturated carbocycles. The zero-order valence-electron chi connectivity index (χ0n) is 13.5. The predicted molar refractivity (Wildman–Crippen MR) is 87.4 cm³/mol. The third kappa shape index (κ3) is 3.61. The van der Waals surface area contributed by atoms with Crippen LogP contribution in [-0.2, 0) is 23.5 Å². The molecular formula is C16H22N4O2S. The highest BCUT2D eigenvalue weighted by Crippen LogP contribution is 2.25. The molecule has 0 aromatic carbocycles. The van der Waals surface area contributed by atoms with E-state index in [0.29, 0.717) is 19.0 Å². The number of rotatable bonds is 4. The fourth-order valence-corrected chi connectivity index (χ4v) is 4.54. The minimum Gasteiger partial charge on any atom is -0.339 e. The number of piperidine rings is 1. The van der Waals surface area contributed by atoms with Crippen LogP contribution in [0.4, 0.5) is 0 Å². The lowest BCUT2D eigenvalue weighted by atomic mass is 9.93. The standard InChI is InChI=1S/C16H22N4O2S/c1-13-5-6-14(9-17-13)8-15-4-3-7-20(10-15)23(21,22)16-11-19(2)12-18-16/h5-6,9,11-12,15H,3-4,7-8,10H2,1-2H3/t15-/m0/s1. The molecule has 6 nitrogen and oxygen atoms in total. The maximum absolute atomic E-state index is 12.7. The van der Waals surface area contributed by atoms with Crippen molar-refractivity contribution in [1.29, 1.82) is 0 Å². The summed E-state index contributed by atoms with van der Waals surface area (Å²) in [4.78, 5) is 8.32. The molecule has 1 saturated heterocycles. The summed E-state index contributed by atoms with van der Waals surface area (Å²) in [5.74, 6) is 0.326. The number of nitrogens with zero attached hydrogens (tertiary/aromatic N) is 4. The van der Waals surface area contributed by atoms with Gasteiger partial charge in [0.25, 0.3) is 10.0 Å². The van der Waals surface area contributed by atoms with Crippen LogP contribution in [0.25, 0.3) is 0 Å². The van der Waals surface area contributed by atoms with Crippen molar-refractivity contribution in [2.24, 2.45) is 13.0 Å². The van der Waals surface area contributed by atoms with E-state index in [0.717, 1.165) is 30.5 Å². The Morgan fingerprint density at radius 2 is 2.13 bits per heavy atom. The van der Waals surface area contributed by atoms with Crippen LogP contribution in [0.2, 0.25) is 0 Å². The van der Waals surface area contributed by atoms with E-state index in [1.54, 1.807) is 22.1 Å². The number of aromatic nitrogens is 3. The van der Waals surface area contributed by atoms with Crippen LogP contribution in [0.15, 0.2) is 35.9 Å². The van der Waals surface area contributed by atoms with Crippen molar-refractivity contribution in [2.45, 2.75) is 31.2 Å². The molecule has 1 atom stereocenters. The van der Waals surface area contributed by atoms with E-state index in [2.05, 4.69) is 16.0 Å². The summed E-state index contributed by atoms with van der Waals surface area (Å²) < 4.78 is 28.6. The Hall–Kier alpha value is -1.73. The molecule has 124 valence electrons. The van der Waals surface area contributed by atoms with E-state index in [1.807, 2.05) is 19.2 Å². The number of hydrogen-bond acceptors (Lipinski definition) is 4. The van der Waals surface area contributed by atoms with Gasteiger partial charge in [-0.1, -0.05) is 6.07 Å². The van der Waals surface area contributed by atoms with E-state index in [1.165, 1.54) is 6.33 Å². The second-order valence-corrected chi connectivity index (χ2v) is 8.15. The highest BCUT2D eigenvalue weighted by molar-refractivity contribution is 7.89. The summed E-state index contributed by atoms with van der Waals surface area (Å²) in [5, 5.41) is 0.137. The number of imidazole rings is 1. The van der Waals surface area contributed by atoms with Crippen LogP contribution in [0.1, 0.15) is 24.1 Å². The van der Waals surface area contributed by atoms with Crippen molar-refractivity contribution >= 4 is 10.0 Å². The molecule has 2 aromatic rings. The Labute approximate surface area is 137 Å². The molecular weight excluding hydrogens is 312 g/mol. The Balaban J connectivity index is 1.71. The molecule has 3 heterocycles. The average molecular weight is 334 g/mol. The van der Waals surface area contributed by atoms with Gasteiger partial charge >= 0.3 is 0 Å². The third-order valence-electron chi connectivity index (χ3n) is 4.26. The van der Waals surface area contributed by atoms with Crippen LogP contribution in [0.5, 0.6) is 0 Å². The summed E-state index contributed by atoms with van der Waals surface area (Å²) in [6.45, 7) is 3.08. The monoisotopic (exact) mass is 334 g/mol. The first kappa shape index (κ1) is 16.1. The molecule has 2 aromatic heterocycles. The summed E-state index contributed by atoms with van der Waals surface area (Å²) in [7, 11) is -1.71. The number of pyridine rings is 1. The minimum absolute atomic E-state index is 0.137. The van der Waals surface area contributed by atoms with Crippen molar-refractivity contribution in [3.05, 3.63) is 42.1 Å². The van der Waals surface area contributed by atoms with Crippen molar-refractivity contribution in [3.8, 4) is 0 Å². The van der Waals surface area contributed by atoms with E-state index in [4.69, 9.17) is 0 Å². The number of hydrogen-bond donors (Lipinski definition) is 0. The lowest BCUT2D eigenvalue weighted by molar-refractivity contribution is 0.265. The van der Waals surface area contributed by atoms with Gasteiger partial charge in [-0.15, -0.1) is 0 Å². The molecule has 1 aliphatic heterocycles. The normalized spacial score (nSPS) is 19.8. The second-order valence-electron chi connectivity index (χ2n) is 6.26. The summed E-state index contributed by atoms with van der Waals surface area (Å²) in [6.07, 6.45) is 7.76. The molecule has 0 unspecified atom stereocenters. The average Bonchev–Trinajstić information content (AvgIpc) is 2.97. The summed E-state index contributed by atoms with van der Waals surface area (Å²) >= 11 is 0. The van der Waals surface area contributed by atoms with Gasteiger partial charge in [0.1, 0.15) is 0 Å². The van der Waals surface area contributed by atoms with E-state index in [9.17, 15) is 8.42 Å². The van der Waals surface area contributed by atoms with Crippen LogP contribution in [0, 0.1) is 12.8 Å². The van der Waals surface area contributed by atoms with E-state index >= 15 is 0 Å². The van der Waals surface area contributed by atoms with Gasteiger partial charge in [0, 0.05) is 38.2 Å². The molecule has 0 N–H and O–H groups in total. The predicted octanol–water partition coefficient (Wildman–Crippen LogP) is 1.77. The van der Waals surface area contributed by atoms with Crippen molar-refractivity contribution in [3.63, 3.8) is 0 Å². The topological polar surface area (TPSA) is 68.1 Å². The van der Waals surface area contributed by atoms with Gasteiger partial charge in [-0.2, -0.15) is 4.31 Å². The number of aryl methyl sites for hydroxylation is 2. The van der Waals surface area contributed by atoms with Gasteiger partial charge in [0.2, 0.25) is 0 Å². The third-order valence-corrected chi connectivity index (χ3v) is 6.01. The van der Waals surface area contributed by atoms with Gasteiger partial charge in [0.05, 0.1) is 6.33 Å². The van der Waals surface area contributed by atoms with Crippen LogP contribution in [0.3, 0.4) is 0 Å². The fourth-order valence-electron chi connectivity index (χ4n) is 3.02. The zero-order chi connectivity index (χ0) is 16.4. The minimum atomic E-state index is -3.49. The molecule has 3 rings (SSSR count). The van der Waals surface area contributed by atoms with Gasteiger partial charge in [-0.3, -0.25) is 4.98 Å². The lowest BCUT2D eigenvalue weighted by Crippen LogP contribution is -2.40. The molecule has 0 aliphatic carbocycles. The Morgan fingerprint density at radius 1 is 1.30 bits per heavy atom. The number of sulfonamides is 1. The lowest BCUT2D eigenvalue weighted by Gasteiger charge is -2.31. The molecule has 1 aliphatic rings. The molecule has 0 amide bonds. The van der Waals surface area contributed by atoms with Crippen LogP contribution < -0.4 is 0 Å². The van der Waals surface area contributed by atoms with Crippen molar-refractivity contribution < 1.29 is 8.42 Å². The highest BCUT2D eigenvalue weighted by Gasteiger charge is 2.31. The molecule has 0 spiro atoms. The molecule has 1 fully saturated rings. The molecule has 0 bridgehead atoms. The first-order chi connectivity index (χ1) is 10.9. The van der Waals surface area contributed by atoms with E-state index in [-0.39, 0.29) is 5.03 Å². The maximum Gasteiger partial charge on any atom is 0.262 e. The summed E-state index contributed by atoms with van der Waals surface area (Å²) in [6, 6.07) is 4.08. The quantitative estimate of drug-likeness (QED) is 0.854. The van der Waals surface area contributed by atoms with Crippen molar-refractivity contribution in [1.82, 2.24) is 18.8 Å².